The Bertz CT molecular complexity index is 551. The molecule has 2 rings (SSSR count). The van der Waals surface area contributed by atoms with Crippen LogP contribution in [0.1, 0.15) is 18.1 Å². The maximum absolute atomic E-state index is 6.14. The summed E-state index contributed by atoms with van der Waals surface area (Å²) in [5.41, 5.74) is 8.97. The monoisotopic (exact) mass is 380 g/mol. The minimum atomic E-state index is 0. The van der Waals surface area contributed by atoms with E-state index in [9.17, 15) is 0 Å². The van der Waals surface area contributed by atoms with E-state index < -0.39 is 0 Å². The van der Waals surface area contributed by atoms with Gasteiger partial charge in [0.2, 0.25) is 0 Å². The van der Waals surface area contributed by atoms with Crippen molar-refractivity contribution in [3.63, 3.8) is 0 Å². The number of nitrogens with one attached hydrogen (secondary N) is 1. The van der Waals surface area contributed by atoms with Crippen LogP contribution >= 0.6 is 48.0 Å². The summed E-state index contributed by atoms with van der Waals surface area (Å²) >= 11 is 12.3. The van der Waals surface area contributed by atoms with E-state index in [2.05, 4.69) is 17.4 Å². The van der Waals surface area contributed by atoms with Crippen LogP contribution in [0.15, 0.2) is 42.5 Å². The number of nitrogens with two attached hydrogens (primary N) is 1. The molecule has 0 heterocycles. The van der Waals surface area contributed by atoms with Gasteiger partial charge in [-0.3, -0.25) is 0 Å². The predicted molar refractivity (Wildman–Crippen MR) is 102 cm³/mol. The molecular formula is C16H20Cl4N2. The van der Waals surface area contributed by atoms with Gasteiger partial charge in [0.15, 0.2) is 0 Å². The summed E-state index contributed by atoms with van der Waals surface area (Å²) in [6, 6.07) is 14.0. The average molecular weight is 382 g/mol. The molecule has 2 aromatic rings. The van der Waals surface area contributed by atoms with E-state index in [-0.39, 0.29) is 30.9 Å². The van der Waals surface area contributed by atoms with Crippen LogP contribution in [0.4, 0.5) is 5.69 Å². The first-order valence-corrected chi connectivity index (χ1v) is 7.33. The Labute approximate surface area is 154 Å². The predicted octanol–water partition coefficient (Wildman–Crippen LogP) is 5.34. The van der Waals surface area contributed by atoms with Gasteiger partial charge in [-0.15, -0.1) is 24.8 Å². The molecule has 22 heavy (non-hydrogen) atoms. The minimum Gasteiger partial charge on any atom is -0.381 e. The lowest BCUT2D eigenvalue weighted by molar-refractivity contribution is 0.738. The zero-order valence-electron chi connectivity index (χ0n) is 12.2. The van der Waals surface area contributed by atoms with E-state index in [1.54, 1.807) is 0 Å². The molecule has 2 aromatic carbocycles. The Morgan fingerprint density at radius 2 is 1.55 bits per heavy atom. The summed E-state index contributed by atoms with van der Waals surface area (Å²) < 4.78 is 0. The van der Waals surface area contributed by atoms with E-state index >= 15 is 0 Å². The molecular weight excluding hydrogens is 362 g/mol. The fourth-order valence-corrected chi connectivity index (χ4v) is 2.55. The van der Waals surface area contributed by atoms with Crippen molar-refractivity contribution in [3.8, 4) is 0 Å². The summed E-state index contributed by atoms with van der Waals surface area (Å²) in [5, 5.41) is 4.68. The molecule has 0 radical (unpaired) electrons. The molecule has 1 unspecified atom stereocenters. The van der Waals surface area contributed by atoms with Crippen LogP contribution in [0, 0.1) is 0 Å². The topological polar surface area (TPSA) is 38.0 Å². The van der Waals surface area contributed by atoms with Crippen LogP contribution in [0.25, 0.3) is 0 Å². The van der Waals surface area contributed by atoms with Gasteiger partial charge in [-0.05, 0) is 43.2 Å². The highest BCUT2D eigenvalue weighted by Crippen LogP contribution is 2.25. The number of anilines is 1. The second kappa shape index (κ2) is 10.2. The lowest BCUT2D eigenvalue weighted by Gasteiger charge is -2.11. The van der Waals surface area contributed by atoms with Crippen molar-refractivity contribution in [3.05, 3.63) is 63.6 Å². The van der Waals surface area contributed by atoms with Gasteiger partial charge in [0.25, 0.3) is 0 Å². The van der Waals surface area contributed by atoms with Crippen molar-refractivity contribution in [1.29, 1.82) is 0 Å². The van der Waals surface area contributed by atoms with E-state index in [1.165, 1.54) is 5.56 Å². The van der Waals surface area contributed by atoms with Gasteiger partial charge in [0.1, 0.15) is 0 Å². The van der Waals surface area contributed by atoms with Gasteiger partial charge in [-0.2, -0.15) is 0 Å². The third-order valence-electron chi connectivity index (χ3n) is 3.04. The first-order chi connectivity index (χ1) is 9.56. The van der Waals surface area contributed by atoms with E-state index in [1.807, 2.05) is 37.3 Å². The molecule has 0 aliphatic heterocycles. The smallest absolute Gasteiger partial charge is 0.0470 e. The summed E-state index contributed by atoms with van der Waals surface area (Å²) in [4.78, 5) is 0. The SMILES string of the molecule is CC(N)Cc1ccc(NCc2c(Cl)cccc2Cl)cc1.Cl.Cl. The lowest BCUT2D eigenvalue weighted by Crippen LogP contribution is -2.17. The number of rotatable bonds is 5. The first-order valence-electron chi connectivity index (χ1n) is 6.57. The van der Waals surface area contributed by atoms with Gasteiger partial charge < -0.3 is 11.1 Å². The third kappa shape index (κ3) is 6.23. The zero-order chi connectivity index (χ0) is 14.5. The molecule has 0 saturated heterocycles. The van der Waals surface area contributed by atoms with Gasteiger partial charge in [0, 0.05) is 33.9 Å². The molecule has 0 saturated carbocycles. The van der Waals surface area contributed by atoms with Crippen molar-refractivity contribution in [1.82, 2.24) is 0 Å². The van der Waals surface area contributed by atoms with Crippen LogP contribution < -0.4 is 11.1 Å². The van der Waals surface area contributed by atoms with Crippen molar-refractivity contribution >= 4 is 53.7 Å². The van der Waals surface area contributed by atoms with Gasteiger partial charge in [0.05, 0.1) is 0 Å². The lowest BCUT2D eigenvalue weighted by atomic mass is 10.1. The highest BCUT2D eigenvalue weighted by molar-refractivity contribution is 6.36. The Kier molecular flexibility index (Phi) is 9.90. The molecule has 122 valence electrons. The van der Waals surface area contributed by atoms with Gasteiger partial charge in [-0.25, -0.2) is 0 Å². The Balaban J connectivity index is 0.00000220. The summed E-state index contributed by atoms with van der Waals surface area (Å²) in [7, 11) is 0. The second-order valence-electron chi connectivity index (χ2n) is 4.93. The van der Waals surface area contributed by atoms with Crippen LogP contribution in [-0.2, 0) is 13.0 Å². The maximum atomic E-state index is 6.14. The zero-order valence-corrected chi connectivity index (χ0v) is 15.3. The molecule has 1 atom stereocenters. The average Bonchev–Trinajstić information content (AvgIpc) is 2.39. The molecule has 0 aromatic heterocycles. The molecule has 0 aliphatic rings. The fraction of sp³-hybridized carbons (Fsp3) is 0.250. The van der Waals surface area contributed by atoms with Crippen LogP contribution in [0.2, 0.25) is 10.0 Å². The quantitative estimate of drug-likeness (QED) is 0.733. The van der Waals surface area contributed by atoms with Crippen molar-refractivity contribution in [2.75, 3.05) is 5.32 Å². The number of halogens is 4. The van der Waals surface area contributed by atoms with Crippen molar-refractivity contribution < 1.29 is 0 Å². The summed E-state index contributed by atoms with van der Waals surface area (Å²) in [6.07, 6.45) is 0.886. The third-order valence-corrected chi connectivity index (χ3v) is 3.75. The van der Waals surface area contributed by atoms with Crippen LogP contribution in [0.5, 0.6) is 0 Å². The van der Waals surface area contributed by atoms with E-state index in [4.69, 9.17) is 28.9 Å². The maximum Gasteiger partial charge on any atom is 0.0470 e. The molecule has 3 N–H and O–H groups in total. The minimum absolute atomic E-state index is 0. The Hall–Kier alpha value is -0.640. The molecule has 2 nitrogen and oxygen atoms in total. The molecule has 0 amide bonds. The first kappa shape index (κ1) is 21.4. The van der Waals surface area contributed by atoms with Crippen LogP contribution in [0.3, 0.4) is 0 Å². The number of benzene rings is 2. The molecule has 0 aliphatic carbocycles. The highest BCUT2D eigenvalue weighted by Gasteiger charge is 2.05. The molecule has 0 fully saturated rings. The standard InChI is InChI=1S/C16H18Cl2N2.2ClH/c1-11(19)9-12-5-7-13(8-6-12)20-10-14-15(17)3-2-4-16(14)18;;/h2-8,11,20H,9-10,19H2,1H3;2*1H. The highest BCUT2D eigenvalue weighted by atomic mass is 35.5. The Morgan fingerprint density at radius 1 is 1.00 bits per heavy atom. The number of hydrogen-bond donors (Lipinski definition) is 2. The normalized spacial score (nSPS) is 11.1. The summed E-state index contributed by atoms with van der Waals surface area (Å²) in [6.45, 7) is 2.61. The fourth-order valence-electron chi connectivity index (χ4n) is 2.02. The molecule has 6 heteroatoms. The molecule has 0 spiro atoms. The largest absolute Gasteiger partial charge is 0.381 e. The van der Waals surface area contributed by atoms with Gasteiger partial charge >= 0.3 is 0 Å². The second-order valence-corrected chi connectivity index (χ2v) is 5.75. The summed E-state index contributed by atoms with van der Waals surface area (Å²) in [5.74, 6) is 0. The molecule has 0 bridgehead atoms. The number of hydrogen-bond acceptors (Lipinski definition) is 2. The van der Waals surface area contributed by atoms with Gasteiger partial charge in [-0.1, -0.05) is 41.4 Å². The van der Waals surface area contributed by atoms with Crippen molar-refractivity contribution in [2.24, 2.45) is 5.73 Å². The van der Waals surface area contributed by atoms with E-state index in [0.29, 0.717) is 16.6 Å². The van der Waals surface area contributed by atoms with Crippen LogP contribution in [-0.4, -0.2) is 6.04 Å². The van der Waals surface area contributed by atoms with E-state index in [0.717, 1.165) is 17.7 Å². The Morgan fingerprint density at radius 3 is 2.05 bits per heavy atom. The van der Waals surface area contributed by atoms with Crippen molar-refractivity contribution in [2.45, 2.75) is 25.9 Å².